The van der Waals surface area contributed by atoms with E-state index in [1.807, 2.05) is 0 Å². The van der Waals surface area contributed by atoms with Crippen LogP contribution < -0.4 is 11.2 Å². The van der Waals surface area contributed by atoms with Gasteiger partial charge in [0.1, 0.15) is 12.2 Å². The lowest BCUT2D eigenvalue weighted by Crippen LogP contribution is -2.54. The van der Waals surface area contributed by atoms with Gasteiger partial charge in [0.2, 0.25) is 0 Å². The Morgan fingerprint density at radius 1 is 1.11 bits per heavy atom. The molecule has 1 saturated heterocycles. The fourth-order valence-corrected chi connectivity index (χ4v) is 4.57. The first-order valence-electron chi connectivity index (χ1n) is 10.7. The Kier molecular flexibility index (Phi) is 6.86. The number of ether oxygens (including phenoxy) is 1. The molecule has 0 spiro atoms. The van der Waals surface area contributed by atoms with E-state index in [0.717, 1.165) is 4.68 Å². The van der Waals surface area contributed by atoms with Crippen molar-refractivity contribution in [1.82, 2.24) is 14.8 Å². The third-order valence-electron chi connectivity index (χ3n) is 6.09. The molecule has 3 aromatic rings. The van der Waals surface area contributed by atoms with Crippen LogP contribution in [0.3, 0.4) is 0 Å². The fourth-order valence-electron chi connectivity index (χ4n) is 4.21. The Morgan fingerprint density at radius 3 is 2.29 bits per heavy atom. The Labute approximate surface area is 212 Å². The van der Waals surface area contributed by atoms with Crippen LogP contribution in [-0.4, -0.2) is 54.4 Å². The van der Waals surface area contributed by atoms with E-state index in [1.165, 1.54) is 12.1 Å². The quantitative estimate of drug-likeness (QED) is 0.287. The molecule has 11 heteroatoms. The van der Waals surface area contributed by atoms with Crippen LogP contribution in [0, 0.1) is 17.5 Å². The van der Waals surface area contributed by atoms with E-state index in [1.54, 1.807) is 72.8 Å². The Morgan fingerprint density at radius 2 is 1.69 bits per heavy atom. The highest BCUT2D eigenvalue weighted by molar-refractivity contribution is 14.1. The molecule has 0 aliphatic carbocycles. The molecule has 4 atom stereocenters. The largest absolute Gasteiger partial charge is 0.382 e. The van der Waals surface area contributed by atoms with Gasteiger partial charge in [-0.1, -0.05) is 48.5 Å². The molecule has 0 amide bonds. The highest BCUT2D eigenvalue weighted by Crippen LogP contribution is 2.41. The van der Waals surface area contributed by atoms with Gasteiger partial charge in [-0.3, -0.25) is 19.4 Å². The van der Waals surface area contributed by atoms with E-state index in [4.69, 9.17) is 4.74 Å². The number of carbonyl (C=O) groups excluding carboxylic acids is 2. The normalized spacial score (nSPS) is 22.7. The summed E-state index contributed by atoms with van der Waals surface area (Å²) < 4.78 is 6.51. The smallest absolute Gasteiger partial charge is 0.347 e. The Balaban J connectivity index is 1.80. The molecule has 1 aliphatic rings. The van der Waals surface area contributed by atoms with Gasteiger partial charge in [-0.2, -0.15) is 9.78 Å². The summed E-state index contributed by atoms with van der Waals surface area (Å²) in [7, 11) is 0. The zero-order valence-corrected chi connectivity index (χ0v) is 20.9. The van der Waals surface area contributed by atoms with Crippen molar-refractivity contribution in [2.75, 3.05) is 0 Å². The molecule has 2 heterocycles. The lowest BCUT2D eigenvalue weighted by molar-refractivity contribution is -0.0940. The molecule has 0 bridgehead atoms. The van der Waals surface area contributed by atoms with E-state index in [2.05, 4.69) is 10.1 Å². The maximum atomic E-state index is 13.6. The van der Waals surface area contributed by atoms with Crippen molar-refractivity contribution >= 4 is 34.2 Å². The zero-order valence-electron chi connectivity index (χ0n) is 18.8. The number of rotatable bonds is 6. The Hall–Kier alpha value is -3.00. The number of hydrogen-bond acceptors (Lipinski definition) is 8. The van der Waals surface area contributed by atoms with Gasteiger partial charge in [0, 0.05) is 17.5 Å². The van der Waals surface area contributed by atoms with Gasteiger partial charge in [-0.25, -0.2) is 4.79 Å². The van der Waals surface area contributed by atoms with Crippen LogP contribution in [0.5, 0.6) is 0 Å². The third kappa shape index (κ3) is 4.51. The highest BCUT2D eigenvalue weighted by Gasteiger charge is 2.58. The fraction of sp³-hybridized carbons (Fsp3) is 0.292. The van der Waals surface area contributed by atoms with Gasteiger partial charge in [0.15, 0.2) is 27.1 Å². The third-order valence-corrected chi connectivity index (χ3v) is 6.80. The number of halogens is 1. The van der Waals surface area contributed by atoms with Crippen molar-refractivity contribution in [1.29, 1.82) is 0 Å². The summed E-state index contributed by atoms with van der Waals surface area (Å²) in [5.41, 5.74) is -2.47. The predicted octanol–water partition coefficient (Wildman–Crippen LogP) is 1.30. The SMILES string of the molecule is Cc1ccccc1C(=O)C(O)[C@H]1O[C@@H](n2nc(I)c(=O)[nH]c2=O)C[C@@]1(O)C(=O)c1ccccc1C. The number of aliphatic hydroxyl groups is 2. The first kappa shape index (κ1) is 25.1. The molecule has 2 aromatic carbocycles. The lowest BCUT2D eigenvalue weighted by atomic mass is 9.81. The molecule has 1 aliphatic heterocycles. The van der Waals surface area contributed by atoms with Crippen LogP contribution in [0.2, 0.25) is 0 Å². The van der Waals surface area contributed by atoms with Crippen molar-refractivity contribution in [3.8, 4) is 0 Å². The molecule has 1 aromatic heterocycles. The number of Topliss-reactive ketones (excluding diaryl/α,β-unsaturated/α-hetero) is 2. The molecular formula is C24H22IN3O7. The second-order valence-corrected chi connectivity index (χ2v) is 9.42. The molecule has 10 nitrogen and oxygen atoms in total. The summed E-state index contributed by atoms with van der Waals surface area (Å²) in [5, 5.41) is 26.7. The summed E-state index contributed by atoms with van der Waals surface area (Å²) in [5.74, 6) is -1.52. The van der Waals surface area contributed by atoms with Gasteiger partial charge in [0.25, 0.3) is 5.56 Å². The van der Waals surface area contributed by atoms with Gasteiger partial charge in [0.05, 0.1) is 0 Å². The van der Waals surface area contributed by atoms with Crippen LogP contribution >= 0.6 is 22.6 Å². The first-order chi connectivity index (χ1) is 16.5. The van der Waals surface area contributed by atoms with Crippen LogP contribution in [0.4, 0.5) is 0 Å². The number of benzene rings is 2. The Bertz CT molecular complexity index is 1430. The molecule has 1 unspecified atom stereocenters. The number of aliphatic hydroxyl groups excluding tert-OH is 1. The van der Waals surface area contributed by atoms with Crippen molar-refractivity contribution in [3.05, 3.63) is 95.3 Å². The number of carbonyl (C=O) groups is 2. The predicted molar refractivity (Wildman–Crippen MR) is 132 cm³/mol. The average Bonchev–Trinajstić information content (AvgIpc) is 3.19. The van der Waals surface area contributed by atoms with Gasteiger partial charge >= 0.3 is 5.69 Å². The number of aryl methyl sites for hydroxylation is 2. The highest BCUT2D eigenvalue weighted by atomic mass is 127. The molecule has 35 heavy (non-hydrogen) atoms. The molecule has 3 N–H and O–H groups in total. The van der Waals surface area contributed by atoms with E-state index in [0.29, 0.717) is 11.1 Å². The standard InChI is InChI=1S/C24H22IN3O7/c1-12-7-3-5-9-14(12)17(29)18(30)20-24(34,19(31)15-10-6-4-8-13(15)2)11-16(35-20)28-23(33)26-22(32)21(25)27-28/h3-10,16,18,20,30,34H,11H2,1-2H3,(H,26,32,33)/t16-,18?,20-,24-/m1/s1. The zero-order chi connectivity index (χ0) is 25.5. The summed E-state index contributed by atoms with van der Waals surface area (Å²) in [6.45, 7) is 3.37. The van der Waals surface area contributed by atoms with E-state index in [-0.39, 0.29) is 14.8 Å². The van der Waals surface area contributed by atoms with Crippen LogP contribution in [-0.2, 0) is 4.74 Å². The monoisotopic (exact) mass is 591 g/mol. The van der Waals surface area contributed by atoms with E-state index in [9.17, 15) is 29.4 Å². The number of ketones is 2. The summed E-state index contributed by atoms with van der Waals surface area (Å²) >= 11 is 1.63. The van der Waals surface area contributed by atoms with Crippen molar-refractivity contribution in [2.24, 2.45) is 0 Å². The second kappa shape index (κ2) is 9.57. The molecule has 4 rings (SSSR count). The van der Waals surface area contributed by atoms with E-state index >= 15 is 0 Å². The minimum absolute atomic E-state index is 0.0699. The number of hydrogen-bond donors (Lipinski definition) is 3. The number of nitrogens with one attached hydrogen (secondary N) is 1. The summed E-state index contributed by atoms with van der Waals surface area (Å²) in [4.78, 5) is 53.0. The maximum absolute atomic E-state index is 13.6. The summed E-state index contributed by atoms with van der Waals surface area (Å²) in [6, 6.07) is 13.1. The molecule has 0 radical (unpaired) electrons. The summed E-state index contributed by atoms with van der Waals surface area (Å²) in [6.07, 6.45) is -5.48. The molecule has 182 valence electrons. The molecular weight excluding hydrogens is 569 g/mol. The average molecular weight is 591 g/mol. The number of aromatic nitrogens is 3. The minimum Gasteiger partial charge on any atom is -0.382 e. The van der Waals surface area contributed by atoms with Crippen molar-refractivity contribution < 1.29 is 24.5 Å². The second-order valence-electron chi connectivity index (χ2n) is 8.40. The van der Waals surface area contributed by atoms with Gasteiger partial charge in [-0.15, -0.1) is 0 Å². The molecule has 1 fully saturated rings. The van der Waals surface area contributed by atoms with Crippen LogP contribution in [0.15, 0.2) is 58.1 Å². The molecule has 0 saturated carbocycles. The lowest BCUT2D eigenvalue weighted by Gasteiger charge is -2.30. The van der Waals surface area contributed by atoms with Crippen molar-refractivity contribution in [3.63, 3.8) is 0 Å². The number of nitrogens with zero attached hydrogens (tertiary/aromatic N) is 2. The number of H-pyrrole nitrogens is 1. The van der Waals surface area contributed by atoms with Crippen LogP contribution in [0.25, 0.3) is 0 Å². The van der Waals surface area contributed by atoms with E-state index < -0.39 is 53.3 Å². The van der Waals surface area contributed by atoms with Gasteiger partial charge in [-0.05, 0) is 47.6 Å². The number of aromatic amines is 1. The van der Waals surface area contributed by atoms with Crippen LogP contribution in [0.1, 0.15) is 44.5 Å². The first-order valence-corrected chi connectivity index (χ1v) is 11.8. The maximum Gasteiger partial charge on any atom is 0.347 e. The minimum atomic E-state index is -2.38. The van der Waals surface area contributed by atoms with Crippen molar-refractivity contribution in [2.45, 2.75) is 44.3 Å². The topological polar surface area (TPSA) is 152 Å². The van der Waals surface area contributed by atoms with Gasteiger partial charge < -0.3 is 14.9 Å².